The number of carbonyl (C=O) groups excluding carboxylic acids is 2. The number of hydrogen-bond donors (Lipinski definition) is 1. The molecule has 0 saturated carbocycles. The van der Waals surface area contributed by atoms with E-state index < -0.39 is 18.0 Å². The zero-order chi connectivity index (χ0) is 18.4. The molecule has 0 aliphatic rings. The van der Waals surface area contributed by atoms with E-state index in [1.54, 1.807) is 24.3 Å². The van der Waals surface area contributed by atoms with E-state index in [1.165, 1.54) is 18.3 Å². The number of esters is 1. The van der Waals surface area contributed by atoms with E-state index in [4.69, 9.17) is 10.00 Å². The van der Waals surface area contributed by atoms with Gasteiger partial charge in [-0.15, -0.1) is 11.3 Å². The fourth-order valence-corrected chi connectivity index (χ4v) is 3.28. The van der Waals surface area contributed by atoms with Crippen LogP contribution in [0.5, 0.6) is 0 Å². The highest BCUT2D eigenvalue weighted by Gasteiger charge is 2.21. The molecule has 0 bridgehead atoms. The molecule has 0 spiro atoms. The van der Waals surface area contributed by atoms with Gasteiger partial charge in [-0.2, -0.15) is 5.26 Å². The number of rotatable bonds is 6. The Morgan fingerprint density at radius 2 is 2.12 bits per heavy atom. The monoisotopic (exact) mass is 356 g/mol. The molecule has 2 aromatic rings. The van der Waals surface area contributed by atoms with E-state index in [0.717, 1.165) is 23.3 Å². The summed E-state index contributed by atoms with van der Waals surface area (Å²) in [6.07, 6.45) is 0.989. The average Bonchev–Trinajstić information content (AvgIpc) is 2.96. The molecule has 0 radical (unpaired) electrons. The second-order valence-electron chi connectivity index (χ2n) is 5.67. The SMILES string of the molecule is CCCc1cc(C(=O)O[C@@H](C)C(=O)Nc2cccc(C#N)c2)sc1C. The molecule has 6 heteroatoms. The number of benzene rings is 1. The second-order valence-corrected chi connectivity index (χ2v) is 6.93. The van der Waals surface area contributed by atoms with Gasteiger partial charge in [0.25, 0.3) is 5.91 Å². The maximum absolute atomic E-state index is 12.2. The van der Waals surface area contributed by atoms with Crippen molar-refractivity contribution >= 4 is 28.9 Å². The molecule has 130 valence electrons. The minimum absolute atomic E-state index is 0.439. The molecule has 0 unspecified atom stereocenters. The first-order valence-electron chi connectivity index (χ1n) is 8.06. The minimum Gasteiger partial charge on any atom is -0.448 e. The van der Waals surface area contributed by atoms with Gasteiger partial charge in [-0.05, 0) is 50.1 Å². The lowest BCUT2D eigenvalue weighted by atomic mass is 10.1. The first-order chi connectivity index (χ1) is 11.9. The summed E-state index contributed by atoms with van der Waals surface area (Å²) < 4.78 is 5.27. The molecule has 0 aliphatic carbocycles. The number of nitriles is 1. The molecular formula is C19H20N2O3S. The number of anilines is 1. The summed E-state index contributed by atoms with van der Waals surface area (Å²) in [7, 11) is 0. The molecule has 1 aromatic heterocycles. The molecule has 0 fully saturated rings. The quantitative estimate of drug-likeness (QED) is 0.792. The van der Waals surface area contributed by atoms with Crippen LogP contribution in [0.1, 0.15) is 45.9 Å². The number of ether oxygens (including phenoxy) is 1. The van der Waals surface area contributed by atoms with E-state index >= 15 is 0 Å². The molecule has 1 heterocycles. The van der Waals surface area contributed by atoms with E-state index in [-0.39, 0.29) is 0 Å². The van der Waals surface area contributed by atoms with Gasteiger partial charge in [-0.1, -0.05) is 19.4 Å². The van der Waals surface area contributed by atoms with Crippen LogP contribution in [0.4, 0.5) is 5.69 Å². The first kappa shape index (κ1) is 18.7. The Morgan fingerprint density at radius 1 is 1.36 bits per heavy atom. The molecule has 5 nitrogen and oxygen atoms in total. The maximum atomic E-state index is 12.2. The number of amides is 1. The van der Waals surface area contributed by atoms with Crippen molar-refractivity contribution in [3.8, 4) is 6.07 Å². The highest BCUT2D eigenvalue weighted by molar-refractivity contribution is 7.14. The Hall–Kier alpha value is -2.65. The summed E-state index contributed by atoms with van der Waals surface area (Å²) in [4.78, 5) is 26.0. The van der Waals surface area contributed by atoms with Gasteiger partial charge in [0, 0.05) is 10.6 Å². The van der Waals surface area contributed by atoms with Crippen LogP contribution in [-0.4, -0.2) is 18.0 Å². The molecule has 0 saturated heterocycles. The van der Waals surface area contributed by atoms with Crippen molar-refractivity contribution in [3.05, 3.63) is 51.2 Å². The summed E-state index contributed by atoms with van der Waals surface area (Å²) >= 11 is 1.38. The fourth-order valence-electron chi connectivity index (χ4n) is 2.32. The third-order valence-electron chi connectivity index (χ3n) is 3.65. The van der Waals surface area contributed by atoms with Crippen LogP contribution in [0.2, 0.25) is 0 Å². The van der Waals surface area contributed by atoms with E-state index in [0.29, 0.717) is 16.1 Å². The average molecular weight is 356 g/mol. The van der Waals surface area contributed by atoms with Crippen molar-refractivity contribution in [1.82, 2.24) is 0 Å². The summed E-state index contributed by atoms with van der Waals surface area (Å²) in [6.45, 7) is 5.59. The van der Waals surface area contributed by atoms with Crippen LogP contribution in [0.15, 0.2) is 30.3 Å². The third-order valence-corrected chi connectivity index (χ3v) is 4.73. The Kier molecular flexibility index (Phi) is 6.31. The number of thiophene rings is 1. The molecule has 2 rings (SSSR count). The van der Waals surface area contributed by atoms with Gasteiger partial charge in [0.05, 0.1) is 11.6 Å². The first-order valence-corrected chi connectivity index (χ1v) is 8.87. The van der Waals surface area contributed by atoms with Crippen molar-refractivity contribution < 1.29 is 14.3 Å². The molecule has 0 aliphatic heterocycles. The third kappa shape index (κ3) is 4.91. The van der Waals surface area contributed by atoms with Crippen molar-refractivity contribution in [2.24, 2.45) is 0 Å². The topological polar surface area (TPSA) is 79.2 Å². The molecule has 1 atom stereocenters. The number of nitrogens with one attached hydrogen (secondary N) is 1. The van der Waals surface area contributed by atoms with Crippen LogP contribution in [0.25, 0.3) is 0 Å². The number of nitrogens with zero attached hydrogens (tertiary/aromatic N) is 1. The van der Waals surface area contributed by atoms with Gasteiger partial charge >= 0.3 is 5.97 Å². The predicted molar refractivity (Wildman–Crippen MR) is 97.7 cm³/mol. The van der Waals surface area contributed by atoms with Gasteiger partial charge < -0.3 is 10.1 Å². The fraction of sp³-hybridized carbons (Fsp3) is 0.316. The largest absolute Gasteiger partial charge is 0.448 e. The molecular weight excluding hydrogens is 336 g/mol. The van der Waals surface area contributed by atoms with Gasteiger partial charge in [-0.25, -0.2) is 4.79 Å². The van der Waals surface area contributed by atoms with Gasteiger partial charge in [0.15, 0.2) is 6.10 Å². The smallest absolute Gasteiger partial charge is 0.349 e. The van der Waals surface area contributed by atoms with Crippen LogP contribution in [0.3, 0.4) is 0 Å². The van der Waals surface area contributed by atoms with Crippen LogP contribution in [-0.2, 0) is 16.0 Å². The lowest BCUT2D eigenvalue weighted by molar-refractivity contribution is -0.123. The second kappa shape index (κ2) is 8.45. The normalized spacial score (nSPS) is 11.4. The highest BCUT2D eigenvalue weighted by Crippen LogP contribution is 2.24. The Bertz CT molecular complexity index is 820. The van der Waals surface area contributed by atoms with E-state index in [1.807, 2.05) is 19.1 Å². The Morgan fingerprint density at radius 3 is 2.80 bits per heavy atom. The summed E-state index contributed by atoms with van der Waals surface area (Å²) in [5, 5.41) is 11.5. The lowest BCUT2D eigenvalue weighted by Crippen LogP contribution is -2.29. The van der Waals surface area contributed by atoms with Crippen molar-refractivity contribution in [3.63, 3.8) is 0 Å². The van der Waals surface area contributed by atoms with Crippen molar-refractivity contribution in [2.75, 3.05) is 5.32 Å². The molecule has 1 amide bonds. The summed E-state index contributed by atoms with van der Waals surface area (Å²) in [5.41, 5.74) is 2.08. The standard InChI is InChI=1S/C19H20N2O3S/c1-4-6-15-10-17(25-13(15)3)19(23)24-12(2)18(22)21-16-8-5-7-14(9-16)11-20/h5,7-10,12H,4,6H2,1-3H3,(H,21,22)/t12-/m0/s1. The highest BCUT2D eigenvalue weighted by atomic mass is 32.1. The molecule has 1 aromatic carbocycles. The maximum Gasteiger partial charge on any atom is 0.349 e. The van der Waals surface area contributed by atoms with Gasteiger partial charge in [-0.3, -0.25) is 4.79 Å². The number of hydrogen-bond acceptors (Lipinski definition) is 5. The zero-order valence-corrected chi connectivity index (χ0v) is 15.3. The molecule has 1 N–H and O–H groups in total. The minimum atomic E-state index is -0.935. The Balaban J connectivity index is 1.99. The Labute approximate surface area is 151 Å². The van der Waals surface area contributed by atoms with Crippen LogP contribution in [0, 0.1) is 18.3 Å². The van der Waals surface area contributed by atoms with Crippen LogP contribution >= 0.6 is 11.3 Å². The van der Waals surface area contributed by atoms with Crippen molar-refractivity contribution in [1.29, 1.82) is 5.26 Å². The number of aryl methyl sites for hydroxylation is 2. The van der Waals surface area contributed by atoms with Gasteiger partial charge in [0.2, 0.25) is 0 Å². The summed E-state index contributed by atoms with van der Waals surface area (Å²) in [6, 6.07) is 10.4. The number of carbonyl (C=O) groups is 2. The summed E-state index contributed by atoms with van der Waals surface area (Å²) in [5.74, 6) is -0.936. The van der Waals surface area contributed by atoms with Crippen LogP contribution < -0.4 is 5.32 Å². The van der Waals surface area contributed by atoms with E-state index in [9.17, 15) is 9.59 Å². The van der Waals surface area contributed by atoms with E-state index in [2.05, 4.69) is 12.2 Å². The lowest BCUT2D eigenvalue weighted by Gasteiger charge is -2.13. The van der Waals surface area contributed by atoms with Gasteiger partial charge in [0.1, 0.15) is 4.88 Å². The zero-order valence-electron chi connectivity index (χ0n) is 14.5. The predicted octanol–water partition coefficient (Wildman–Crippen LogP) is 4.06. The van der Waals surface area contributed by atoms with Crippen molar-refractivity contribution in [2.45, 2.75) is 39.7 Å². The molecule has 25 heavy (non-hydrogen) atoms.